The third-order valence-corrected chi connectivity index (χ3v) is 6.42. The van der Waals surface area contributed by atoms with E-state index < -0.39 is 30.1 Å². The first-order chi connectivity index (χ1) is 16.7. The Morgan fingerprint density at radius 2 is 1.94 bits per heavy atom. The van der Waals surface area contributed by atoms with E-state index >= 15 is 4.39 Å². The highest BCUT2D eigenvalue weighted by molar-refractivity contribution is 5.95. The topological polar surface area (TPSA) is 49.1 Å². The maximum absolute atomic E-state index is 15.2. The number of hydrogen-bond acceptors (Lipinski definition) is 3. The van der Waals surface area contributed by atoms with Crippen molar-refractivity contribution in [3.63, 3.8) is 0 Å². The molecule has 35 heavy (non-hydrogen) atoms. The van der Waals surface area contributed by atoms with Crippen LogP contribution in [0.3, 0.4) is 0 Å². The van der Waals surface area contributed by atoms with Gasteiger partial charge in [0, 0.05) is 16.9 Å². The molecular formula is C26H23F4N3O2. The average molecular weight is 485 g/mol. The number of fused-ring (bicyclic) bond motifs is 2. The number of aromatic nitrogens is 3. The van der Waals surface area contributed by atoms with E-state index in [1.807, 2.05) is 0 Å². The molecule has 0 radical (unpaired) electrons. The lowest BCUT2D eigenvalue weighted by molar-refractivity contribution is 0.0381. The Bertz CT molecular complexity index is 1500. The Labute approximate surface area is 198 Å². The summed E-state index contributed by atoms with van der Waals surface area (Å²) in [7, 11) is 1.20. The van der Waals surface area contributed by atoms with Crippen molar-refractivity contribution < 1.29 is 27.1 Å². The molecule has 0 bridgehead atoms. The van der Waals surface area contributed by atoms with E-state index in [2.05, 4.69) is 11.6 Å². The Morgan fingerprint density at radius 1 is 1.20 bits per heavy atom. The Kier molecular flexibility index (Phi) is 5.45. The Balaban J connectivity index is 1.82. The van der Waals surface area contributed by atoms with Crippen LogP contribution in [0.5, 0.6) is 0 Å². The van der Waals surface area contributed by atoms with Crippen molar-refractivity contribution in [1.29, 1.82) is 0 Å². The van der Waals surface area contributed by atoms with E-state index in [1.165, 1.54) is 23.8 Å². The highest BCUT2D eigenvalue weighted by Gasteiger charge is 2.34. The molecule has 2 aromatic heterocycles. The van der Waals surface area contributed by atoms with Gasteiger partial charge in [0.25, 0.3) is 5.92 Å². The molecular weight excluding hydrogens is 462 g/mol. The summed E-state index contributed by atoms with van der Waals surface area (Å²) >= 11 is 0. The molecule has 0 saturated heterocycles. The summed E-state index contributed by atoms with van der Waals surface area (Å²) in [5.74, 6) is -4.77. The minimum atomic E-state index is -3.25. The summed E-state index contributed by atoms with van der Waals surface area (Å²) in [6.07, 6.45) is 2.50. The van der Waals surface area contributed by atoms with Gasteiger partial charge in [-0.2, -0.15) is 0 Å². The largest absolute Gasteiger partial charge is 0.465 e. The van der Waals surface area contributed by atoms with Crippen LogP contribution in [0.4, 0.5) is 17.6 Å². The number of ether oxygens (including phenoxy) is 1. The molecule has 4 aromatic rings. The number of aryl methyl sites for hydroxylation is 1. The second-order valence-corrected chi connectivity index (χ2v) is 8.79. The van der Waals surface area contributed by atoms with Gasteiger partial charge in [0.1, 0.15) is 17.2 Å². The molecule has 0 spiro atoms. The van der Waals surface area contributed by atoms with Gasteiger partial charge in [-0.05, 0) is 61.2 Å². The van der Waals surface area contributed by atoms with Crippen molar-refractivity contribution in [2.24, 2.45) is 0 Å². The number of allylic oxidation sites excluding steroid dienone is 1. The predicted molar refractivity (Wildman–Crippen MR) is 125 cm³/mol. The molecule has 5 rings (SSSR count). The van der Waals surface area contributed by atoms with E-state index in [9.17, 15) is 18.0 Å². The molecule has 182 valence electrons. The molecule has 1 aliphatic rings. The molecule has 1 aliphatic carbocycles. The van der Waals surface area contributed by atoms with Crippen LogP contribution in [-0.2, 0) is 17.7 Å². The summed E-state index contributed by atoms with van der Waals surface area (Å²) in [5.41, 5.74) is 1.51. The molecule has 5 nitrogen and oxygen atoms in total. The molecule has 1 saturated carbocycles. The fourth-order valence-electron chi connectivity index (χ4n) is 4.51. The molecule has 0 aliphatic heterocycles. The van der Waals surface area contributed by atoms with Crippen LogP contribution in [0.2, 0.25) is 0 Å². The number of benzene rings is 2. The van der Waals surface area contributed by atoms with Crippen molar-refractivity contribution in [3.05, 3.63) is 65.7 Å². The molecule has 2 aromatic carbocycles. The monoisotopic (exact) mass is 485 g/mol. The van der Waals surface area contributed by atoms with Crippen molar-refractivity contribution >= 4 is 27.9 Å². The lowest BCUT2D eigenvalue weighted by Gasteiger charge is -2.17. The lowest BCUT2D eigenvalue weighted by Crippen LogP contribution is -2.21. The predicted octanol–water partition coefficient (Wildman–Crippen LogP) is 6.44. The number of imidazole rings is 1. The number of rotatable bonds is 7. The zero-order valence-electron chi connectivity index (χ0n) is 19.2. The summed E-state index contributed by atoms with van der Waals surface area (Å²) in [6.45, 7) is 4.28. The second-order valence-electron chi connectivity index (χ2n) is 8.79. The minimum Gasteiger partial charge on any atom is -0.465 e. The maximum atomic E-state index is 15.2. The van der Waals surface area contributed by atoms with Gasteiger partial charge in [0.05, 0.1) is 30.4 Å². The lowest BCUT2D eigenvalue weighted by atomic mass is 10.1. The van der Waals surface area contributed by atoms with Gasteiger partial charge in [0.2, 0.25) is 0 Å². The van der Waals surface area contributed by atoms with Gasteiger partial charge in [-0.15, -0.1) is 0 Å². The molecule has 2 heterocycles. The highest BCUT2D eigenvalue weighted by atomic mass is 19.3. The normalized spacial score (nSPS) is 14.1. The molecule has 1 fully saturated rings. The van der Waals surface area contributed by atoms with Crippen LogP contribution >= 0.6 is 0 Å². The molecule has 0 atom stereocenters. The van der Waals surface area contributed by atoms with Crippen molar-refractivity contribution in [2.75, 3.05) is 7.11 Å². The number of alkyl halides is 2. The Morgan fingerprint density at radius 3 is 2.57 bits per heavy atom. The van der Waals surface area contributed by atoms with Gasteiger partial charge in [-0.1, -0.05) is 13.5 Å². The molecule has 9 heteroatoms. The van der Waals surface area contributed by atoms with Crippen LogP contribution in [0.1, 0.15) is 41.7 Å². The summed E-state index contributed by atoms with van der Waals surface area (Å²) in [4.78, 5) is 16.6. The number of carbonyl (C=O) groups excluding carboxylic acids is 1. The summed E-state index contributed by atoms with van der Waals surface area (Å²) in [6, 6.07) is 6.92. The number of methoxy groups -OCH3 is 1. The molecule has 0 amide bonds. The smallest absolute Gasteiger partial charge is 0.338 e. The van der Waals surface area contributed by atoms with Crippen molar-refractivity contribution in [3.8, 4) is 11.5 Å². The van der Waals surface area contributed by atoms with E-state index in [4.69, 9.17) is 4.74 Å². The fourth-order valence-corrected chi connectivity index (χ4v) is 4.51. The number of hydrogen-bond donors (Lipinski definition) is 0. The van der Waals surface area contributed by atoms with Gasteiger partial charge >= 0.3 is 5.97 Å². The Hall–Kier alpha value is -3.62. The van der Waals surface area contributed by atoms with E-state index in [1.54, 1.807) is 23.6 Å². The summed E-state index contributed by atoms with van der Waals surface area (Å²) < 4.78 is 66.7. The second kappa shape index (κ2) is 8.25. The van der Waals surface area contributed by atoms with Crippen LogP contribution in [0.25, 0.3) is 33.5 Å². The number of esters is 1. The zero-order chi connectivity index (χ0) is 25.1. The molecule has 0 unspecified atom stereocenters. The van der Waals surface area contributed by atoms with E-state index in [0.29, 0.717) is 34.7 Å². The zero-order valence-corrected chi connectivity index (χ0v) is 19.2. The maximum Gasteiger partial charge on any atom is 0.338 e. The first-order valence-corrected chi connectivity index (χ1v) is 11.3. The SMILES string of the molecule is C=CC(F)(F)Cn1c(-c2nc3cc(C(=O)OC)cc(F)c3n2C2CC2)cc2cc(F)c(CC)cc21. The number of nitrogens with zero attached hydrogens (tertiary/aromatic N) is 3. The van der Waals surface area contributed by atoms with Crippen LogP contribution in [-0.4, -0.2) is 33.1 Å². The summed E-state index contributed by atoms with van der Waals surface area (Å²) in [5, 5.41) is 0.430. The number of carbonyl (C=O) groups is 1. The van der Waals surface area contributed by atoms with Crippen molar-refractivity contribution in [1.82, 2.24) is 14.1 Å². The first kappa shape index (κ1) is 23.1. The third kappa shape index (κ3) is 3.88. The van der Waals surface area contributed by atoms with Crippen LogP contribution in [0.15, 0.2) is 43.0 Å². The van der Waals surface area contributed by atoms with Crippen LogP contribution in [0, 0.1) is 11.6 Å². The van der Waals surface area contributed by atoms with Crippen molar-refractivity contribution in [2.45, 2.75) is 44.7 Å². The number of halogens is 4. The highest BCUT2D eigenvalue weighted by Crippen LogP contribution is 2.43. The third-order valence-electron chi connectivity index (χ3n) is 6.42. The average Bonchev–Trinajstić information content (AvgIpc) is 3.52. The standard InChI is InChI=1S/C26H23F4N3O2/c1-4-14-11-21-15(8-18(14)27)12-22(32(21)13-26(29,30)5-2)24-31-20-10-16(25(34)35-3)9-19(28)23(20)33(24)17-6-7-17/h5,8-12,17H,2,4,6-7,13H2,1,3H3. The first-order valence-electron chi connectivity index (χ1n) is 11.3. The fraction of sp³-hybridized carbons (Fsp3) is 0.308. The van der Waals surface area contributed by atoms with E-state index in [-0.39, 0.29) is 28.5 Å². The van der Waals surface area contributed by atoms with Gasteiger partial charge in [-0.25, -0.2) is 27.3 Å². The minimum absolute atomic E-state index is 0.00195. The molecule has 0 N–H and O–H groups in total. The van der Waals surface area contributed by atoms with E-state index in [0.717, 1.165) is 18.9 Å². The van der Waals surface area contributed by atoms with Gasteiger partial charge in [0.15, 0.2) is 5.82 Å². The van der Waals surface area contributed by atoms with Gasteiger partial charge in [-0.3, -0.25) is 0 Å². The van der Waals surface area contributed by atoms with Gasteiger partial charge < -0.3 is 13.9 Å². The quantitative estimate of drug-likeness (QED) is 0.172. The van der Waals surface area contributed by atoms with Crippen LogP contribution < -0.4 is 0 Å².